The second kappa shape index (κ2) is 7.10. The van der Waals surface area contributed by atoms with E-state index in [0.29, 0.717) is 11.8 Å². The van der Waals surface area contributed by atoms with E-state index in [2.05, 4.69) is 35.0 Å². The molecule has 2 N–H and O–H groups in total. The number of hydrogen-bond acceptors (Lipinski definition) is 3. The van der Waals surface area contributed by atoms with E-state index in [-0.39, 0.29) is 0 Å². The predicted molar refractivity (Wildman–Crippen MR) is 80.6 cm³/mol. The number of hydrogen-bond donors (Lipinski definition) is 2. The van der Waals surface area contributed by atoms with Gasteiger partial charge in [0.1, 0.15) is 5.75 Å². The first kappa shape index (κ1) is 14.6. The molecule has 0 fully saturated rings. The van der Waals surface area contributed by atoms with Crippen molar-refractivity contribution in [3.8, 4) is 5.75 Å². The van der Waals surface area contributed by atoms with Crippen LogP contribution in [0, 0.1) is 0 Å². The van der Waals surface area contributed by atoms with Crippen LogP contribution in [0.25, 0.3) is 0 Å². The lowest BCUT2D eigenvalue weighted by Gasteiger charge is -2.14. The molecule has 0 bridgehead atoms. The Bertz CT molecular complexity index is 519. The number of nitrogens with zero attached hydrogens (tertiary/aromatic N) is 2. The zero-order valence-electron chi connectivity index (χ0n) is 12.2. The Hall–Kier alpha value is -1.81. The monoisotopic (exact) mass is 273 g/mol. The Labute approximate surface area is 120 Å². The molecule has 0 radical (unpaired) electrons. The molecule has 0 saturated carbocycles. The zero-order valence-corrected chi connectivity index (χ0v) is 12.2. The summed E-state index contributed by atoms with van der Waals surface area (Å²) in [5.74, 6) is 0.317. The fourth-order valence-electron chi connectivity index (χ4n) is 2.26. The minimum Gasteiger partial charge on any atom is -0.508 e. The van der Waals surface area contributed by atoms with Crippen molar-refractivity contribution < 1.29 is 5.11 Å². The van der Waals surface area contributed by atoms with E-state index in [1.165, 1.54) is 11.3 Å². The van der Waals surface area contributed by atoms with Gasteiger partial charge in [0, 0.05) is 25.3 Å². The summed E-state index contributed by atoms with van der Waals surface area (Å²) in [6.07, 6.45) is 3.90. The Morgan fingerprint density at radius 1 is 1.25 bits per heavy atom. The van der Waals surface area contributed by atoms with Crippen LogP contribution in [-0.4, -0.2) is 20.9 Å². The summed E-state index contributed by atoms with van der Waals surface area (Å²) in [5, 5.41) is 17.1. The van der Waals surface area contributed by atoms with Crippen LogP contribution in [-0.2, 0) is 19.5 Å². The van der Waals surface area contributed by atoms with Crippen LogP contribution < -0.4 is 5.32 Å². The molecule has 4 nitrogen and oxygen atoms in total. The van der Waals surface area contributed by atoms with Crippen LogP contribution in [0.2, 0.25) is 0 Å². The van der Waals surface area contributed by atoms with E-state index in [9.17, 15) is 5.11 Å². The zero-order chi connectivity index (χ0) is 14.4. The van der Waals surface area contributed by atoms with Gasteiger partial charge in [-0.3, -0.25) is 4.68 Å². The third kappa shape index (κ3) is 4.10. The molecule has 0 aliphatic heterocycles. The molecule has 2 rings (SSSR count). The molecule has 0 amide bonds. The van der Waals surface area contributed by atoms with E-state index < -0.39 is 0 Å². The van der Waals surface area contributed by atoms with Crippen LogP contribution in [0.3, 0.4) is 0 Å². The Morgan fingerprint density at radius 3 is 2.70 bits per heavy atom. The first-order valence-corrected chi connectivity index (χ1v) is 7.21. The second-order valence-electron chi connectivity index (χ2n) is 5.20. The molecule has 108 valence electrons. The summed E-state index contributed by atoms with van der Waals surface area (Å²) in [6, 6.07) is 9.85. The maximum absolute atomic E-state index is 9.27. The van der Waals surface area contributed by atoms with E-state index in [4.69, 9.17) is 0 Å². The Kier molecular flexibility index (Phi) is 5.18. The molecule has 1 aromatic carbocycles. The lowest BCUT2D eigenvalue weighted by molar-refractivity contribution is 0.474. The minimum absolute atomic E-state index is 0.317. The summed E-state index contributed by atoms with van der Waals surface area (Å²) in [4.78, 5) is 0. The van der Waals surface area contributed by atoms with Crippen molar-refractivity contribution in [2.24, 2.45) is 0 Å². The number of phenolic OH excluding ortho intramolecular Hbond substituents is 1. The first-order chi connectivity index (χ1) is 9.69. The SMILES string of the molecule is CCCn1nccc1CNC(C)Cc1ccc(O)cc1. The average molecular weight is 273 g/mol. The van der Waals surface area contributed by atoms with E-state index in [0.717, 1.165) is 25.9 Å². The second-order valence-corrected chi connectivity index (χ2v) is 5.20. The number of phenols is 1. The Balaban J connectivity index is 1.84. The molecular formula is C16H23N3O. The fraction of sp³-hybridized carbons (Fsp3) is 0.438. The third-order valence-electron chi connectivity index (χ3n) is 3.35. The van der Waals surface area contributed by atoms with Crippen molar-refractivity contribution >= 4 is 0 Å². The molecule has 1 atom stereocenters. The molecule has 4 heteroatoms. The Morgan fingerprint density at radius 2 is 2.00 bits per heavy atom. The van der Waals surface area contributed by atoms with Crippen LogP contribution in [0.4, 0.5) is 0 Å². The topological polar surface area (TPSA) is 50.1 Å². The van der Waals surface area contributed by atoms with Gasteiger partial charge >= 0.3 is 0 Å². The quantitative estimate of drug-likeness (QED) is 0.815. The van der Waals surface area contributed by atoms with Gasteiger partial charge in [-0.1, -0.05) is 19.1 Å². The molecule has 20 heavy (non-hydrogen) atoms. The molecule has 0 aliphatic rings. The highest BCUT2D eigenvalue weighted by molar-refractivity contribution is 5.26. The van der Waals surface area contributed by atoms with Crippen molar-refractivity contribution in [3.63, 3.8) is 0 Å². The number of nitrogens with one attached hydrogen (secondary N) is 1. The van der Waals surface area contributed by atoms with Gasteiger partial charge in [-0.2, -0.15) is 5.10 Å². The highest BCUT2D eigenvalue weighted by atomic mass is 16.3. The highest BCUT2D eigenvalue weighted by Crippen LogP contribution is 2.11. The average Bonchev–Trinajstić information content (AvgIpc) is 2.87. The van der Waals surface area contributed by atoms with Gasteiger partial charge in [-0.15, -0.1) is 0 Å². The van der Waals surface area contributed by atoms with Gasteiger partial charge in [0.15, 0.2) is 0 Å². The standard InChI is InChI=1S/C16H23N3O/c1-3-10-19-15(8-9-18-19)12-17-13(2)11-14-4-6-16(20)7-5-14/h4-9,13,17,20H,3,10-12H2,1-2H3. The van der Waals surface area contributed by atoms with Crippen molar-refractivity contribution in [2.75, 3.05) is 0 Å². The number of rotatable bonds is 7. The van der Waals surface area contributed by atoms with Crippen molar-refractivity contribution in [3.05, 3.63) is 47.8 Å². The summed E-state index contributed by atoms with van der Waals surface area (Å²) < 4.78 is 2.06. The van der Waals surface area contributed by atoms with Crippen molar-refractivity contribution in [2.45, 2.75) is 45.8 Å². The number of aryl methyl sites for hydroxylation is 1. The molecule has 1 heterocycles. The van der Waals surface area contributed by atoms with Gasteiger partial charge in [0.25, 0.3) is 0 Å². The highest BCUT2D eigenvalue weighted by Gasteiger charge is 2.06. The summed E-state index contributed by atoms with van der Waals surface area (Å²) >= 11 is 0. The van der Waals surface area contributed by atoms with Crippen LogP contribution in [0.1, 0.15) is 31.5 Å². The van der Waals surface area contributed by atoms with Gasteiger partial charge in [0.05, 0.1) is 5.69 Å². The summed E-state index contributed by atoms with van der Waals surface area (Å²) in [5.41, 5.74) is 2.45. The smallest absolute Gasteiger partial charge is 0.115 e. The summed E-state index contributed by atoms with van der Waals surface area (Å²) in [7, 11) is 0. The molecule has 2 aromatic rings. The molecule has 0 aliphatic carbocycles. The van der Waals surface area contributed by atoms with Crippen molar-refractivity contribution in [1.29, 1.82) is 0 Å². The van der Waals surface area contributed by atoms with Gasteiger partial charge in [-0.05, 0) is 43.5 Å². The first-order valence-electron chi connectivity index (χ1n) is 7.21. The minimum atomic E-state index is 0.317. The van der Waals surface area contributed by atoms with Gasteiger partial charge < -0.3 is 10.4 Å². The molecule has 0 spiro atoms. The van der Waals surface area contributed by atoms with E-state index in [1.807, 2.05) is 18.3 Å². The summed E-state index contributed by atoms with van der Waals surface area (Å²) in [6.45, 7) is 6.13. The largest absolute Gasteiger partial charge is 0.508 e. The predicted octanol–water partition coefficient (Wildman–Crippen LogP) is 2.72. The lowest BCUT2D eigenvalue weighted by Crippen LogP contribution is -2.28. The van der Waals surface area contributed by atoms with E-state index >= 15 is 0 Å². The number of benzene rings is 1. The number of aromatic nitrogens is 2. The van der Waals surface area contributed by atoms with Gasteiger partial charge in [0.2, 0.25) is 0 Å². The van der Waals surface area contributed by atoms with Crippen LogP contribution in [0.5, 0.6) is 5.75 Å². The lowest BCUT2D eigenvalue weighted by atomic mass is 10.1. The van der Waals surface area contributed by atoms with Gasteiger partial charge in [-0.25, -0.2) is 0 Å². The fourth-order valence-corrected chi connectivity index (χ4v) is 2.26. The molecule has 1 aromatic heterocycles. The van der Waals surface area contributed by atoms with Crippen molar-refractivity contribution in [1.82, 2.24) is 15.1 Å². The van der Waals surface area contributed by atoms with Crippen LogP contribution in [0.15, 0.2) is 36.5 Å². The number of aromatic hydroxyl groups is 1. The molecule has 0 saturated heterocycles. The van der Waals surface area contributed by atoms with E-state index in [1.54, 1.807) is 12.1 Å². The molecular weight excluding hydrogens is 250 g/mol. The maximum Gasteiger partial charge on any atom is 0.115 e. The normalized spacial score (nSPS) is 12.5. The molecule has 1 unspecified atom stereocenters. The van der Waals surface area contributed by atoms with Crippen LogP contribution >= 0.6 is 0 Å². The third-order valence-corrected chi connectivity index (χ3v) is 3.35. The maximum atomic E-state index is 9.27.